The molecule has 0 fully saturated rings. The molecule has 0 saturated carbocycles. The Bertz CT molecular complexity index is 748. The molecule has 138 valence electrons. The van der Waals surface area contributed by atoms with E-state index in [0.29, 0.717) is 13.0 Å². The molecule has 0 spiro atoms. The van der Waals surface area contributed by atoms with Gasteiger partial charge in [-0.25, -0.2) is 0 Å². The summed E-state index contributed by atoms with van der Waals surface area (Å²) in [5, 5.41) is 5.91. The summed E-state index contributed by atoms with van der Waals surface area (Å²) in [6.45, 7) is 8.09. The molecule has 0 aliphatic heterocycles. The Hall–Kier alpha value is -2.62. The Kier molecular flexibility index (Phi) is 6.56. The lowest BCUT2D eigenvalue weighted by Gasteiger charge is -2.18. The second-order valence-corrected chi connectivity index (χ2v) is 7.71. The largest absolute Gasteiger partial charge is 0.352 e. The number of amides is 2. The molecule has 1 atom stereocenters. The lowest BCUT2D eigenvalue weighted by molar-refractivity contribution is -0.124. The van der Waals surface area contributed by atoms with Crippen LogP contribution in [0.15, 0.2) is 54.6 Å². The Labute approximate surface area is 156 Å². The molecule has 0 aromatic heterocycles. The summed E-state index contributed by atoms with van der Waals surface area (Å²) in [4.78, 5) is 24.5. The van der Waals surface area contributed by atoms with E-state index in [-0.39, 0.29) is 17.7 Å². The summed E-state index contributed by atoms with van der Waals surface area (Å²) >= 11 is 0. The number of hydrogen-bond acceptors (Lipinski definition) is 2. The molecule has 0 heterocycles. The maximum Gasteiger partial charge on any atom is 0.229 e. The van der Waals surface area contributed by atoms with Crippen molar-refractivity contribution in [2.75, 3.05) is 5.32 Å². The topological polar surface area (TPSA) is 58.2 Å². The first-order valence-corrected chi connectivity index (χ1v) is 8.98. The molecule has 0 bridgehead atoms. The van der Waals surface area contributed by atoms with Crippen molar-refractivity contribution in [1.29, 1.82) is 0 Å². The lowest BCUT2D eigenvalue weighted by Crippen LogP contribution is -2.30. The van der Waals surface area contributed by atoms with E-state index < -0.39 is 5.41 Å². The number of benzene rings is 2. The molecule has 2 aromatic carbocycles. The Morgan fingerprint density at radius 3 is 2.27 bits per heavy atom. The average Bonchev–Trinajstić information content (AvgIpc) is 2.60. The van der Waals surface area contributed by atoms with Crippen LogP contribution >= 0.6 is 0 Å². The average molecular weight is 352 g/mol. The van der Waals surface area contributed by atoms with Gasteiger partial charge >= 0.3 is 0 Å². The van der Waals surface area contributed by atoms with Gasteiger partial charge in [0.15, 0.2) is 0 Å². The van der Waals surface area contributed by atoms with Gasteiger partial charge in [0.1, 0.15) is 0 Å². The predicted molar refractivity (Wildman–Crippen MR) is 106 cm³/mol. The third-order valence-corrected chi connectivity index (χ3v) is 4.17. The van der Waals surface area contributed by atoms with Crippen molar-refractivity contribution in [3.8, 4) is 0 Å². The third-order valence-electron chi connectivity index (χ3n) is 4.17. The highest BCUT2D eigenvalue weighted by atomic mass is 16.2. The second-order valence-electron chi connectivity index (χ2n) is 7.71. The smallest absolute Gasteiger partial charge is 0.229 e. The molecule has 4 nitrogen and oxygen atoms in total. The van der Waals surface area contributed by atoms with Crippen molar-refractivity contribution in [2.45, 2.75) is 40.7 Å². The summed E-state index contributed by atoms with van der Waals surface area (Å²) in [5.74, 6) is -0.145. The number of nitrogens with one attached hydrogen (secondary N) is 2. The minimum absolute atomic E-state index is 0.0247. The Morgan fingerprint density at radius 1 is 0.962 bits per heavy atom. The molecule has 26 heavy (non-hydrogen) atoms. The van der Waals surface area contributed by atoms with Gasteiger partial charge in [0, 0.05) is 23.6 Å². The Morgan fingerprint density at radius 2 is 1.62 bits per heavy atom. The third kappa shape index (κ3) is 6.03. The molecule has 0 aliphatic rings. The van der Waals surface area contributed by atoms with E-state index in [1.165, 1.54) is 0 Å². The number of hydrogen-bond donors (Lipinski definition) is 2. The van der Waals surface area contributed by atoms with Crippen molar-refractivity contribution in [1.82, 2.24) is 5.32 Å². The van der Waals surface area contributed by atoms with Crippen LogP contribution in [0.4, 0.5) is 5.69 Å². The molecular weight excluding hydrogens is 324 g/mol. The first-order valence-electron chi connectivity index (χ1n) is 8.98. The van der Waals surface area contributed by atoms with Gasteiger partial charge in [-0.2, -0.15) is 0 Å². The van der Waals surface area contributed by atoms with E-state index in [2.05, 4.69) is 10.6 Å². The molecular formula is C22H28N2O2. The normalized spacial score (nSPS) is 12.3. The Balaban J connectivity index is 1.92. The van der Waals surface area contributed by atoms with Gasteiger partial charge in [-0.1, -0.05) is 70.2 Å². The summed E-state index contributed by atoms with van der Waals surface area (Å²) in [6.07, 6.45) is 0.625. The summed E-state index contributed by atoms with van der Waals surface area (Å²) in [7, 11) is 0. The van der Waals surface area contributed by atoms with Crippen LogP contribution < -0.4 is 10.6 Å². The highest BCUT2D eigenvalue weighted by Crippen LogP contribution is 2.19. The number of rotatable bonds is 6. The fourth-order valence-corrected chi connectivity index (χ4v) is 2.50. The molecule has 2 aromatic rings. The van der Waals surface area contributed by atoms with E-state index in [0.717, 1.165) is 16.8 Å². The zero-order chi connectivity index (χ0) is 19.2. The van der Waals surface area contributed by atoms with Crippen molar-refractivity contribution >= 4 is 17.5 Å². The molecule has 0 saturated heterocycles. The SMILES string of the molecule is CC(Cc1cccc(NC(=O)C(C)(C)C)c1)C(=O)NCc1ccccc1. The summed E-state index contributed by atoms with van der Waals surface area (Å²) in [5.41, 5.74) is 2.43. The molecule has 0 aliphatic carbocycles. The van der Waals surface area contributed by atoms with Crippen molar-refractivity contribution < 1.29 is 9.59 Å². The van der Waals surface area contributed by atoms with Gasteiger partial charge in [0.2, 0.25) is 11.8 Å². The van der Waals surface area contributed by atoms with E-state index in [1.54, 1.807) is 0 Å². The number of anilines is 1. The van der Waals surface area contributed by atoms with Crippen LogP contribution in [0.3, 0.4) is 0 Å². The van der Waals surface area contributed by atoms with E-state index in [1.807, 2.05) is 82.3 Å². The maximum atomic E-state index is 12.3. The zero-order valence-electron chi connectivity index (χ0n) is 16.0. The number of carbonyl (C=O) groups excluding carboxylic acids is 2. The minimum atomic E-state index is -0.444. The fraction of sp³-hybridized carbons (Fsp3) is 0.364. The van der Waals surface area contributed by atoms with Gasteiger partial charge in [0.25, 0.3) is 0 Å². The summed E-state index contributed by atoms with van der Waals surface area (Å²) in [6, 6.07) is 17.6. The van der Waals surface area contributed by atoms with Crippen LogP contribution in [0.25, 0.3) is 0 Å². The van der Waals surface area contributed by atoms with E-state index >= 15 is 0 Å². The highest BCUT2D eigenvalue weighted by molar-refractivity contribution is 5.94. The predicted octanol–water partition coefficient (Wildman–Crippen LogP) is 4.17. The van der Waals surface area contributed by atoms with Gasteiger partial charge in [-0.15, -0.1) is 0 Å². The van der Waals surface area contributed by atoms with Crippen LogP contribution in [-0.4, -0.2) is 11.8 Å². The molecule has 0 radical (unpaired) electrons. The minimum Gasteiger partial charge on any atom is -0.352 e. The highest BCUT2D eigenvalue weighted by Gasteiger charge is 2.21. The van der Waals surface area contributed by atoms with Gasteiger partial charge < -0.3 is 10.6 Å². The van der Waals surface area contributed by atoms with Gasteiger partial charge in [0.05, 0.1) is 0 Å². The fourth-order valence-electron chi connectivity index (χ4n) is 2.50. The standard InChI is InChI=1S/C22H28N2O2/c1-16(20(25)23-15-17-9-6-5-7-10-17)13-18-11-8-12-19(14-18)24-21(26)22(2,3)4/h5-12,14,16H,13,15H2,1-4H3,(H,23,25)(H,24,26). The molecule has 1 unspecified atom stereocenters. The summed E-state index contributed by atoms with van der Waals surface area (Å²) < 4.78 is 0. The van der Waals surface area contributed by atoms with Crippen LogP contribution in [0.1, 0.15) is 38.8 Å². The van der Waals surface area contributed by atoms with Crippen molar-refractivity contribution in [3.05, 3.63) is 65.7 Å². The maximum absolute atomic E-state index is 12.3. The van der Waals surface area contributed by atoms with Crippen molar-refractivity contribution in [3.63, 3.8) is 0 Å². The van der Waals surface area contributed by atoms with Crippen molar-refractivity contribution in [2.24, 2.45) is 11.3 Å². The molecule has 2 N–H and O–H groups in total. The quantitative estimate of drug-likeness (QED) is 0.820. The lowest BCUT2D eigenvalue weighted by atomic mass is 9.95. The molecule has 2 amide bonds. The number of carbonyl (C=O) groups is 2. The first-order chi connectivity index (χ1) is 12.3. The zero-order valence-corrected chi connectivity index (χ0v) is 16.0. The van der Waals surface area contributed by atoms with Crippen LogP contribution in [0, 0.1) is 11.3 Å². The van der Waals surface area contributed by atoms with Crippen LogP contribution in [0.5, 0.6) is 0 Å². The molecule has 2 rings (SSSR count). The van der Waals surface area contributed by atoms with E-state index in [9.17, 15) is 9.59 Å². The molecule has 4 heteroatoms. The van der Waals surface area contributed by atoms with Gasteiger partial charge in [-0.3, -0.25) is 9.59 Å². The first kappa shape index (κ1) is 19.7. The monoisotopic (exact) mass is 352 g/mol. The second kappa shape index (κ2) is 8.65. The van der Waals surface area contributed by atoms with Gasteiger partial charge in [-0.05, 0) is 29.7 Å². The van der Waals surface area contributed by atoms with Crippen LogP contribution in [-0.2, 0) is 22.6 Å². The van der Waals surface area contributed by atoms with E-state index in [4.69, 9.17) is 0 Å². The van der Waals surface area contributed by atoms with Crippen LogP contribution in [0.2, 0.25) is 0 Å².